The van der Waals surface area contributed by atoms with Gasteiger partial charge in [0.25, 0.3) is 0 Å². The molecule has 1 heterocycles. The molecule has 1 aliphatic rings. The molecule has 0 radical (unpaired) electrons. The van der Waals surface area contributed by atoms with E-state index >= 15 is 0 Å². The van der Waals surface area contributed by atoms with Crippen molar-refractivity contribution in [3.05, 3.63) is 28.2 Å². The average Bonchev–Trinajstić information content (AvgIpc) is 2.55. The van der Waals surface area contributed by atoms with E-state index < -0.39 is 0 Å². The summed E-state index contributed by atoms with van der Waals surface area (Å²) in [6.45, 7) is 4.66. The zero-order chi connectivity index (χ0) is 12.6. The Kier molecular flexibility index (Phi) is 3.54. The molecule has 4 heteroatoms. The summed E-state index contributed by atoms with van der Waals surface area (Å²) in [5.41, 5.74) is 7.82. The Bertz CT molecular complexity index is 447. The van der Waals surface area contributed by atoms with Gasteiger partial charge >= 0.3 is 0 Å². The number of halogens is 1. The van der Waals surface area contributed by atoms with Gasteiger partial charge in [-0.1, -0.05) is 6.07 Å². The van der Waals surface area contributed by atoms with E-state index in [1.807, 2.05) is 30.0 Å². The average molecular weight is 297 g/mol. The second-order valence-corrected chi connectivity index (χ2v) is 5.51. The highest BCUT2D eigenvalue weighted by Crippen LogP contribution is 2.35. The highest BCUT2D eigenvalue weighted by atomic mass is 79.9. The molecule has 2 N–H and O–H groups in total. The number of hydrogen-bond donors (Lipinski definition) is 1. The number of nitrogens with two attached hydrogens (primary N) is 1. The molecule has 1 aliphatic heterocycles. The maximum Gasteiger partial charge on any atom is 0.227 e. The third-order valence-corrected chi connectivity index (χ3v) is 4.10. The number of carbonyl (C=O) groups is 1. The van der Waals surface area contributed by atoms with Crippen LogP contribution in [0.4, 0.5) is 5.69 Å². The van der Waals surface area contributed by atoms with Crippen LogP contribution in [0.1, 0.15) is 18.9 Å². The number of hydrogen-bond acceptors (Lipinski definition) is 2. The molecule has 1 aromatic rings. The Morgan fingerprint density at radius 2 is 2.24 bits per heavy atom. The molecule has 1 saturated heterocycles. The van der Waals surface area contributed by atoms with E-state index in [4.69, 9.17) is 5.73 Å². The van der Waals surface area contributed by atoms with Crippen LogP contribution >= 0.6 is 15.9 Å². The second kappa shape index (κ2) is 4.78. The van der Waals surface area contributed by atoms with E-state index in [0.29, 0.717) is 13.0 Å². The van der Waals surface area contributed by atoms with Gasteiger partial charge in [-0.3, -0.25) is 4.79 Å². The van der Waals surface area contributed by atoms with E-state index in [2.05, 4.69) is 22.9 Å². The van der Waals surface area contributed by atoms with Crippen molar-refractivity contribution >= 4 is 27.5 Å². The summed E-state index contributed by atoms with van der Waals surface area (Å²) in [5, 5.41) is 0. The van der Waals surface area contributed by atoms with Crippen LogP contribution < -0.4 is 10.6 Å². The third kappa shape index (κ3) is 2.24. The van der Waals surface area contributed by atoms with E-state index in [-0.39, 0.29) is 17.9 Å². The fraction of sp³-hybridized carbons (Fsp3) is 0.462. The molecule has 0 aromatic heterocycles. The summed E-state index contributed by atoms with van der Waals surface area (Å²) in [4.78, 5) is 13.9. The first-order valence-corrected chi connectivity index (χ1v) is 6.62. The van der Waals surface area contributed by atoms with Crippen LogP contribution in [0.5, 0.6) is 0 Å². The molecule has 1 fully saturated rings. The quantitative estimate of drug-likeness (QED) is 0.911. The Morgan fingerprint density at radius 3 is 2.76 bits per heavy atom. The van der Waals surface area contributed by atoms with E-state index in [0.717, 1.165) is 10.2 Å². The molecule has 3 nitrogen and oxygen atoms in total. The summed E-state index contributed by atoms with van der Waals surface area (Å²) in [7, 11) is 0. The molecule has 2 atom stereocenters. The Hall–Kier alpha value is -0.870. The lowest BCUT2D eigenvalue weighted by molar-refractivity contribution is -0.117. The number of amides is 1. The minimum atomic E-state index is 0.164. The number of carbonyl (C=O) groups excluding carboxylic acids is 1. The number of nitrogens with zero attached hydrogens (tertiary/aromatic N) is 1. The normalized spacial score (nSPS) is 24.5. The van der Waals surface area contributed by atoms with Crippen LogP contribution in [-0.4, -0.2) is 18.5 Å². The topological polar surface area (TPSA) is 46.3 Å². The maximum atomic E-state index is 12.0. The minimum absolute atomic E-state index is 0.164. The smallest absolute Gasteiger partial charge is 0.227 e. The first-order valence-electron chi connectivity index (χ1n) is 5.83. The molecule has 0 saturated carbocycles. The van der Waals surface area contributed by atoms with Crippen LogP contribution in [0.15, 0.2) is 22.7 Å². The lowest BCUT2D eigenvalue weighted by Gasteiger charge is -2.25. The molecule has 0 spiro atoms. The van der Waals surface area contributed by atoms with Crippen molar-refractivity contribution in [2.45, 2.75) is 26.3 Å². The van der Waals surface area contributed by atoms with Crippen molar-refractivity contribution in [2.75, 3.05) is 11.4 Å². The van der Waals surface area contributed by atoms with Gasteiger partial charge in [0.1, 0.15) is 0 Å². The molecule has 0 aliphatic carbocycles. The Balaban J connectivity index is 2.36. The number of aryl methyl sites for hydroxylation is 1. The first kappa shape index (κ1) is 12.6. The number of rotatable bonds is 2. The van der Waals surface area contributed by atoms with Gasteiger partial charge in [0.05, 0.1) is 5.69 Å². The van der Waals surface area contributed by atoms with Crippen LogP contribution in [0.3, 0.4) is 0 Å². The molecule has 1 aromatic carbocycles. The van der Waals surface area contributed by atoms with Gasteiger partial charge in [0.15, 0.2) is 0 Å². The van der Waals surface area contributed by atoms with E-state index in [1.165, 1.54) is 5.56 Å². The summed E-state index contributed by atoms with van der Waals surface area (Å²) in [6, 6.07) is 6.22. The Morgan fingerprint density at radius 1 is 1.53 bits per heavy atom. The molecule has 1 amide bonds. The van der Waals surface area contributed by atoms with E-state index in [1.54, 1.807) is 0 Å². The van der Waals surface area contributed by atoms with Crippen LogP contribution in [-0.2, 0) is 4.79 Å². The first-order chi connectivity index (χ1) is 8.04. The zero-order valence-electron chi connectivity index (χ0n) is 10.1. The molecule has 17 heavy (non-hydrogen) atoms. The summed E-state index contributed by atoms with van der Waals surface area (Å²) in [6.07, 6.45) is 0.554. The fourth-order valence-electron chi connectivity index (χ4n) is 2.37. The van der Waals surface area contributed by atoms with E-state index in [9.17, 15) is 4.79 Å². The number of benzene rings is 1. The lowest BCUT2D eigenvalue weighted by atomic mass is 10.0. The fourth-order valence-corrected chi connectivity index (χ4v) is 3.06. The molecule has 2 rings (SSSR count). The van der Waals surface area contributed by atoms with Gasteiger partial charge < -0.3 is 10.6 Å². The summed E-state index contributed by atoms with van der Waals surface area (Å²) >= 11 is 3.53. The highest BCUT2D eigenvalue weighted by Gasteiger charge is 2.37. The number of anilines is 1. The SMILES string of the molecule is Cc1ccc(N2C(=O)CC(CN)C2C)c(Br)c1. The van der Waals surface area contributed by atoms with Gasteiger partial charge in [-0.25, -0.2) is 0 Å². The van der Waals surface area contributed by atoms with Crippen molar-refractivity contribution in [3.63, 3.8) is 0 Å². The summed E-state index contributed by atoms with van der Waals surface area (Å²) < 4.78 is 0.968. The highest BCUT2D eigenvalue weighted by molar-refractivity contribution is 9.10. The standard InChI is InChI=1S/C13H17BrN2O/c1-8-3-4-12(11(14)5-8)16-9(2)10(7-15)6-13(16)17/h3-5,9-10H,6-7,15H2,1-2H3. The van der Waals surface area contributed by atoms with Gasteiger partial charge in [-0.05, 0) is 54.0 Å². The molecule has 0 bridgehead atoms. The monoisotopic (exact) mass is 296 g/mol. The maximum absolute atomic E-state index is 12.0. The van der Waals surface area contributed by atoms with Gasteiger partial charge in [-0.15, -0.1) is 0 Å². The van der Waals surface area contributed by atoms with Gasteiger partial charge in [-0.2, -0.15) is 0 Å². The van der Waals surface area contributed by atoms with Crippen LogP contribution in [0, 0.1) is 12.8 Å². The van der Waals surface area contributed by atoms with Gasteiger partial charge in [0, 0.05) is 22.9 Å². The van der Waals surface area contributed by atoms with Crippen molar-refractivity contribution in [1.29, 1.82) is 0 Å². The molecular formula is C13H17BrN2O. The second-order valence-electron chi connectivity index (χ2n) is 4.66. The summed E-state index contributed by atoms with van der Waals surface area (Å²) in [5.74, 6) is 0.424. The largest absolute Gasteiger partial charge is 0.330 e. The van der Waals surface area contributed by atoms with Crippen LogP contribution in [0.25, 0.3) is 0 Å². The molecular weight excluding hydrogens is 280 g/mol. The molecule has 2 unspecified atom stereocenters. The van der Waals surface area contributed by atoms with Crippen molar-refractivity contribution in [1.82, 2.24) is 0 Å². The van der Waals surface area contributed by atoms with Crippen molar-refractivity contribution in [2.24, 2.45) is 11.7 Å². The predicted molar refractivity (Wildman–Crippen MR) is 73.0 cm³/mol. The van der Waals surface area contributed by atoms with Crippen molar-refractivity contribution < 1.29 is 4.79 Å². The lowest BCUT2D eigenvalue weighted by Crippen LogP contribution is -2.34. The predicted octanol–water partition coefficient (Wildman–Crippen LogP) is 2.46. The van der Waals surface area contributed by atoms with Crippen LogP contribution in [0.2, 0.25) is 0 Å². The molecule has 92 valence electrons. The zero-order valence-corrected chi connectivity index (χ0v) is 11.7. The van der Waals surface area contributed by atoms with Crippen molar-refractivity contribution in [3.8, 4) is 0 Å². The van der Waals surface area contributed by atoms with Gasteiger partial charge in [0.2, 0.25) is 5.91 Å². The Labute approximate surface area is 110 Å². The third-order valence-electron chi connectivity index (χ3n) is 3.46. The minimum Gasteiger partial charge on any atom is -0.330 e.